The molecule has 5 rings (SSSR count). The van der Waals surface area contributed by atoms with Crippen LogP contribution < -0.4 is 15.6 Å². The lowest BCUT2D eigenvalue weighted by Crippen LogP contribution is -2.40. The molecule has 0 aliphatic heterocycles. The lowest BCUT2D eigenvalue weighted by molar-refractivity contribution is 0.177. The van der Waals surface area contributed by atoms with Gasteiger partial charge in [0.1, 0.15) is 11.6 Å². The highest BCUT2D eigenvalue weighted by molar-refractivity contribution is 6.30. The topological polar surface area (TPSA) is 76.5 Å². The van der Waals surface area contributed by atoms with Gasteiger partial charge in [0.25, 0.3) is 5.56 Å². The number of fused-ring (bicyclic) bond motifs is 1. The first-order valence-electron chi connectivity index (χ1n) is 13.6. The van der Waals surface area contributed by atoms with Crippen molar-refractivity contribution in [2.24, 2.45) is 0 Å². The van der Waals surface area contributed by atoms with Gasteiger partial charge in [0, 0.05) is 17.3 Å². The summed E-state index contributed by atoms with van der Waals surface area (Å²) in [5.41, 5.74) is 2.58. The summed E-state index contributed by atoms with van der Waals surface area (Å²) in [5.74, 6) is 1.18. The van der Waals surface area contributed by atoms with Crippen LogP contribution in [0.25, 0.3) is 16.6 Å². The Kier molecular flexibility index (Phi) is 8.65. The second kappa shape index (κ2) is 12.7. The summed E-state index contributed by atoms with van der Waals surface area (Å²) in [7, 11) is 0. The van der Waals surface area contributed by atoms with Crippen molar-refractivity contribution in [1.29, 1.82) is 0 Å². The van der Waals surface area contributed by atoms with E-state index in [9.17, 15) is 9.59 Å². The van der Waals surface area contributed by atoms with Gasteiger partial charge in [-0.3, -0.25) is 9.36 Å². The fourth-order valence-corrected chi connectivity index (χ4v) is 4.98. The lowest BCUT2D eigenvalue weighted by Gasteiger charge is -2.32. The van der Waals surface area contributed by atoms with Gasteiger partial charge in [-0.15, -0.1) is 0 Å². The molecule has 1 atom stereocenters. The van der Waals surface area contributed by atoms with E-state index in [1.54, 1.807) is 39.8 Å². The van der Waals surface area contributed by atoms with Crippen LogP contribution in [-0.4, -0.2) is 27.1 Å². The monoisotopic (exact) mass is 566 g/mol. The van der Waals surface area contributed by atoms with Crippen LogP contribution in [0.2, 0.25) is 5.02 Å². The first-order valence-corrected chi connectivity index (χ1v) is 14.0. The Hall–Kier alpha value is -4.62. The number of amides is 2. The normalized spacial score (nSPS) is 11.7. The van der Waals surface area contributed by atoms with Gasteiger partial charge in [0.15, 0.2) is 0 Å². The Bertz CT molecular complexity index is 1690. The van der Waals surface area contributed by atoms with Gasteiger partial charge in [-0.25, -0.2) is 9.78 Å². The molecule has 8 heteroatoms. The predicted octanol–water partition coefficient (Wildman–Crippen LogP) is 7.62. The van der Waals surface area contributed by atoms with Crippen LogP contribution in [0.3, 0.4) is 0 Å². The molecule has 0 spiro atoms. The minimum absolute atomic E-state index is 0.203. The van der Waals surface area contributed by atoms with E-state index < -0.39 is 6.04 Å². The van der Waals surface area contributed by atoms with Crippen LogP contribution in [0.4, 0.5) is 10.5 Å². The number of aromatic nitrogens is 2. The SMILES string of the molecule is CCOc1ccc(-n2c(C(CC)N(Cc3ccccc3)C(=O)Nc3ccc(Cl)cc3)nc3ccccc3c2=O)cc1. The van der Waals surface area contributed by atoms with E-state index in [4.69, 9.17) is 21.3 Å². The van der Waals surface area contributed by atoms with Crippen LogP contribution >= 0.6 is 11.6 Å². The maximum atomic E-state index is 14.0. The molecule has 41 heavy (non-hydrogen) atoms. The fourth-order valence-electron chi connectivity index (χ4n) is 4.86. The predicted molar refractivity (Wildman–Crippen MR) is 164 cm³/mol. The van der Waals surface area contributed by atoms with Crippen molar-refractivity contribution in [1.82, 2.24) is 14.5 Å². The zero-order valence-electron chi connectivity index (χ0n) is 23.0. The number of hydrogen-bond donors (Lipinski definition) is 1. The van der Waals surface area contributed by atoms with Crippen molar-refractivity contribution in [2.75, 3.05) is 11.9 Å². The van der Waals surface area contributed by atoms with Crippen LogP contribution in [0.15, 0.2) is 108 Å². The molecule has 0 radical (unpaired) electrons. The zero-order valence-corrected chi connectivity index (χ0v) is 23.7. The third-order valence-corrected chi connectivity index (χ3v) is 7.07. The Morgan fingerprint density at radius 3 is 2.29 bits per heavy atom. The highest BCUT2D eigenvalue weighted by atomic mass is 35.5. The minimum atomic E-state index is -0.536. The van der Waals surface area contributed by atoms with Gasteiger partial charge in [0.2, 0.25) is 0 Å². The van der Waals surface area contributed by atoms with Crippen molar-refractivity contribution < 1.29 is 9.53 Å². The summed E-state index contributed by atoms with van der Waals surface area (Å²) >= 11 is 6.06. The van der Waals surface area contributed by atoms with Crippen LogP contribution in [0.5, 0.6) is 5.75 Å². The molecule has 4 aromatic carbocycles. The van der Waals surface area contributed by atoms with Crippen molar-refractivity contribution >= 4 is 34.2 Å². The van der Waals surface area contributed by atoms with Gasteiger partial charge >= 0.3 is 6.03 Å². The maximum Gasteiger partial charge on any atom is 0.322 e. The van der Waals surface area contributed by atoms with E-state index >= 15 is 0 Å². The Morgan fingerprint density at radius 1 is 0.927 bits per heavy atom. The third-order valence-electron chi connectivity index (χ3n) is 6.82. The highest BCUT2D eigenvalue weighted by Gasteiger charge is 2.29. The van der Waals surface area contributed by atoms with E-state index in [0.717, 1.165) is 5.56 Å². The lowest BCUT2D eigenvalue weighted by atomic mass is 10.1. The van der Waals surface area contributed by atoms with E-state index in [2.05, 4.69) is 5.32 Å². The Morgan fingerprint density at radius 2 is 1.61 bits per heavy atom. The molecular formula is C33H31ClN4O3. The van der Waals surface area contributed by atoms with E-state index in [1.165, 1.54) is 0 Å². The maximum absolute atomic E-state index is 14.0. The summed E-state index contributed by atoms with van der Waals surface area (Å²) in [6, 6.07) is 30.5. The molecule has 0 saturated heterocycles. The molecule has 208 valence electrons. The molecule has 5 aromatic rings. The van der Waals surface area contributed by atoms with E-state index in [0.29, 0.717) is 58.4 Å². The number of carbonyl (C=O) groups excluding carboxylic acids is 1. The Labute approximate surface area is 244 Å². The van der Waals surface area contributed by atoms with Gasteiger partial charge in [0.05, 0.1) is 29.2 Å². The first kappa shape index (κ1) is 27.9. The standard InChI is InChI=1S/C33H31ClN4O3/c1-3-30(37(22-23-10-6-5-7-11-23)33(40)35-25-16-14-24(34)15-17-25)31-36-29-13-9-8-12-28(29)32(39)38(31)26-18-20-27(21-19-26)41-4-2/h5-21,30H,3-4,22H2,1-2H3,(H,35,40). The molecule has 7 nitrogen and oxygen atoms in total. The first-order chi connectivity index (χ1) is 20.0. The molecular weight excluding hydrogens is 536 g/mol. The quantitative estimate of drug-likeness (QED) is 0.199. The average molecular weight is 567 g/mol. The zero-order chi connectivity index (χ0) is 28.8. The minimum Gasteiger partial charge on any atom is -0.494 e. The molecule has 1 N–H and O–H groups in total. The molecule has 0 aliphatic rings. The summed E-state index contributed by atoms with van der Waals surface area (Å²) in [4.78, 5) is 34.7. The number of halogens is 1. The van der Waals surface area contributed by atoms with Gasteiger partial charge in [-0.05, 0) is 79.6 Å². The molecule has 0 fully saturated rings. The number of urea groups is 1. The number of nitrogens with one attached hydrogen (secondary N) is 1. The summed E-state index contributed by atoms with van der Waals surface area (Å²) in [6.45, 7) is 4.76. The van der Waals surface area contributed by atoms with E-state index in [1.807, 2.05) is 86.6 Å². The van der Waals surface area contributed by atoms with Crippen molar-refractivity contribution in [3.8, 4) is 11.4 Å². The van der Waals surface area contributed by atoms with Crippen molar-refractivity contribution in [3.05, 3.63) is 130 Å². The van der Waals surface area contributed by atoms with Gasteiger partial charge in [-0.2, -0.15) is 0 Å². The molecule has 0 bridgehead atoms. The largest absolute Gasteiger partial charge is 0.494 e. The number of para-hydroxylation sites is 1. The van der Waals surface area contributed by atoms with E-state index in [-0.39, 0.29) is 11.6 Å². The van der Waals surface area contributed by atoms with Crippen molar-refractivity contribution in [2.45, 2.75) is 32.9 Å². The number of ether oxygens (including phenoxy) is 1. The molecule has 0 aliphatic carbocycles. The number of anilines is 1. The molecule has 1 unspecified atom stereocenters. The molecule has 0 saturated carbocycles. The Balaban J connectivity index is 1.65. The fraction of sp³-hybridized carbons (Fsp3) is 0.182. The van der Waals surface area contributed by atoms with Gasteiger partial charge in [-0.1, -0.05) is 61.0 Å². The average Bonchev–Trinajstić information content (AvgIpc) is 2.99. The van der Waals surface area contributed by atoms with Crippen LogP contribution in [0.1, 0.15) is 37.7 Å². The highest BCUT2D eigenvalue weighted by Crippen LogP contribution is 2.29. The summed E-state index contributed by atoms with van der Waals surface area (Å²) < 4.78 is 7.23. The van der Waals surface area contributed by atoms with Crippen LogP contribution in [-0.2, 0) is 6.54 Å². The molecule has 1 heterocycles. The molecule has 1 aromatic heterocycles. The summed E-state index contributed by atoms with van der Waals surface area (Å²) in [5, 5.41) is 4.08. The number of rotatable bonds is 9. The second-order valence-corrected chi connectivity index (χ2v) is 9.97. The van der Waals surface area contributed by atoms with Crippen molar-refractivity contribution in [3.63, 3.8) is 0 Å². The third kappa shape index (κ3) is 6.26. The number of hydrogen-bond acceptors (Lipinski definition) is 4. The van der Waals surface area contributed by atoms with Crippen LogP contribution in [0, 0.1) is 0 Å². The molecule has 2 amide bonds. The smallest absolute Gasteiger partial charge is 0.322 e. The number of carbonyl (C=O) groups is 1. The van der Waals surface area contributed by atoms with Gasteiger partial charge < -0.3 is 15.0 Å². The number of benzene rings is 4. The second-order valence-electron chi connectivity index (χ2n) is 9.53. The number of nitrogens with zero attached hydrogens (tertiary/aromatic N) is 3. The summed E-state index contributed by atoms with van der Waals surface area (Å²) in [6.07, 6.45) is 0.517.